The highest BCUT2D eigenvalue weighted by molar-refractivity contribution is 6.00. The summed E-state index contributed by atoms with van der Waals surface area (Å²) in [5.74, 6) is -1.32. The van der Waals surface area contributed by atoms with Crippen molar-refractivity contribution in [3.05, 3.63) is 88.2 Å². The Morgan fingerprint density at radius 2 is 1.85 bits per heavy atom. The fraction of sp³-hybridized carbons (Fsp3) is 0.250. The summed E-state index contributed by atoms with van der Waals surface area (Å²) in [7, 11) is 1.20. The maximum Gasteiger partial charge on any atom is 0.434 e. The van der Waals surface area contributed by atoms with Gasteiger partial charge < -0.3 is 15.3 Å². The van der Waals surface area contributed by atoms with Gasteiger partial charge in [0.1, 0.15) is 0 Å². The summed E-state index contributed by atoms with van der Waals surface area (Å²) >= 11 is 0. The van der Waals surface area contributed by atoms with E-state index in [0.717, 1.165) is 18.7 Å². The Bertz CT molecular complexity index is 1460. The number of alkyl halides is 4. The lowest BCUT2D eigenvalue weighted by Gasteiger charge is -2.32. The molecule has 0 spiro atoms. The molecule has 3 aromatic rings. The number of carboxylic acid groups (broad SMARTS) is 1. The SMILES string of the molecule is COc1ncc(/C(=C(\c2ccc(/C=C/C(=O)O)cc2)c2ccc3c(c2)C(F)NN3)C2CCC2)c(C(F)(F)F)n1. The number of fused-ring (bicyclic) bond motifs is 1. The van der Waals surface area contributed by atoms with Crippen LogP contribution in [0.25, 0.3) is 17.2 Å². The van der Waals surface area contributed by atoms with Crippen LogP contribution in [0.2, 0.25) is 0 Å². The summed E-state index contributed by atoms with van der Waals surface area (Å²) in [5, 5.41) is 8.94. The molecule has 11 heteroatoms. The summed E-state index contributed by atoms with van der Waals surface area (Å²) in [4.78, 5) is 18.6. The Hall–Kier alpha value is -4.25. The number of hydrogen-bond acceptors (Lipinski definition) is 6. The minimum atomic E-state index is -4.78. The molecule has 1 aliphatic heterocycles. The average Bonchev–Trinajstić information content (AvgIpc) is 3.26. The molecule has 2 aromatic carbocycles. The average molecular weight is 541 g/mol. The third kappa shape index (κ3) is 5.35. The lowest BCUT2D eigenvalue weighted by molar-refractivity contribution is -0.141. The molecule has 2 aliphatic rings. The van der Waals surface area contributed by atoms with E-state index in [-0.39, 0.29) is 11.5 Å². The molecule has 1 unspecified atom stereocenters. The molecule has 1 atom stereocenters. The quantitative estimate of drug-likeness (QED) is 0.185. The molecule has 39 heavy (non-hydrogen) atoms. The molecule has 0 radical (unpaired) electrons. The number of allylic oxidation sites excluding steroid dienone is 1. The maximum absolute atomic E-state index is 14.6. The van der Waals surface area contributed by atoms with Gasteiger partial charge in [0, 0.05) is 23.4 Å². The Labute approximate surface area is 221 Å². The smallest absolute Gasteiger partial charge is 0.434 e. The molecule has 5 rings (SSSR count). The number of aromatic nitrogens is 2. The van der Waals surface area contributed by atoms with Crippen LogP contribution in [0.4, 0.5) is 23.2 Å². The van der Waals surface area contributed by atoms with Crippen molar-refractivity contribution >= 4 is 28.9 Å². The van der Waals surface area contributed by atoms with Crippen LogP contribution in [-0.4, -0.2) is 28.2 Å². The van der Waals surface area contributed by atoms with Crippen molar-refractivity contribution in [3.8, 4) is 6.01 Å². The number of anilines is 1. The Morgan fingerprint density at radius 3 is 2.46 bits per heavy atom. The summed E-state index contributed by atoms with van der Waals surface area (Å²) in [6.07, 6.45) is -0.536. The van der Waals surface area contributed by atoms with E-state index in [2.05, 4.69) is 20.8 Å². The Kier molecular flexibility index (Phi) is 7.09. The maximum atomic E-state index is 14.6. The highest BCUT2D eigenvalue weighted by atomic mass is 19.4. The Balaban J connectivity index is 1.79. The van der Waals surface area contributed by atoms with Crippen molar-refractivity contribution in [1.29, 1.82) is 0 Å². The van der Waals surface area contributed by atoms with Gasteiger partial charge in [-0.3, -0.25) is 0 Å². The molecule has 2 heterocycles. The first-order valence-electron chi connectivity index (χ1n) is 12.2. The van der Waals surface area contributed by atoms with Gasteiger partial charge in [-0.1, -0.05) is 36.8 Å². The second-order valence-electron chi connectivity index (χ2n) is 9.26. The largest absolute Gasteiger partial charge is 0.478 e. The van der Waals surface area contributed by atoms with Gasteiger partial charge in [0.05, 0.1) is 12.8 Å². The van der Waals surface area contributed by atoms with Gasteiger partial charge in [-0.25, -0.2) is 19.6 Å². The highest BCUT2D eigenvalue weighted by Crippen LogP contribution is 2.48. The summed E-state index contributed by atoms with van der Waals surface area (Å²) in [6.45, 7) is 0. The number of halogens is 4. The molecule has 3 N–H and O–H groups in total. The molecule has 7 nitrogen and oxygen atoms in total. The third-order valence-electron chi connectivity index (χ3n) is 6.86. The van der Waals surface area contributed by atoms with Crippen LogP contribution in [0.15, 0.2) is 54.7 Å². The van der Waals surface area contributed by atoms with E-state index >= 15 is 0 Å². The molecule has 0 amide bonds. The lowest BCUT2D eigenvalue weighted by Crippen LogP contribution is -2.20. The number of rotatable bonds is 7. The van der Waals surface area contributed by atoms with Crippen LogP contribution in [0.1, 0.15) is 59.1 Å². The van der Waals surface area contributed by atoms with Gasteiger partial charge in [-0.15, -0.1) is 0 Å². The predicted molar refractivity (Wildman–Crippen MR) is 137 cm³/mol. The van der Waals surface area contributed by atoms with Crippen LogP contribution >= 0.6 is 0 Å². The fourth-order valence-corrected chi connectivity index (χ4v) is 4.80. The zero-order chi connectivity index (χ0) is 27.7. The fourth-order valence-electron chi connectivity index (χ4n) is 4.80. The van der Waals surface area contributed by atoms with Gasteiger partial charge in [-0.05, 0) is 64.8 Å². The predicted octanol–water partition coefficient (Wildman–Crippen LogP) is 6.26. The molecular formula is C28H24F4N4O3. The molecular weight excluding hydrogens is 516 g/mol. The van der Waals surface area contributed by atoms with E-state index in [9.17, 15) is 22.4 Å². The van der Waals surface area contributed by atoms with E-state index in [4.69, 9.17) is 9.84 Å². The number of hydrogen-bond donors (Lipinski definition) is 3. The van der Waals surface area contributed by atoms with Crippen molar-refractivity contribution in [1.82, 2.24) is 15.4 Å². The highest BCUT2D eigenvalue weighted by Gasteiger charge is 2.40. The first kappa shape index (κ1) is 26.4. The number of benzene rings is 2. The van der Waals surface area contributed by atoms with Crippen molar-refractivity contribution in [2.75, 3.05) is 12.5 Å². The molecule has 1 saturated carbocycles. The topological polar surface area (TPSA) is 96.4 Å². The number of nitrogens with one attached hydrogen (secondary N) is 2. The van der Waals surface area contributed by atoms with Crippen LogP contribution in [0.5, 0.6) is 6.01 Å². The van der Waals surface area contributed by atoms with Crippen molar-refractivity contribution < 1.29 is 32.2 Å². The van der Waals surface area contributed by atoms with Gasteiger partial charge in [0.2, 0.25) is 0 Å². The third-order valence-corrected chi connectivity index (χ3v) is 6.86. The van der Waals surface area contributed by atoms with Crippen LogP contribution in [0, 0.1) is 5.92 Å². The summed E-state index contributed by atoms with van der Waals surface area (Å²) < 4.78 is 62.5. The summed E-state index contributed by atoms with van der Waals surface area (Å²) in [5.41, 5.74) is 7.48. The van der Waals surface area contributed by atoms with Crippen LogP contribution in [-0.2, 0) is 11.0 Å². The minimum Gasteiger partial charge on any atom is -0.478 e. The molecule has 0 bridgehead atoms. The van der Waals surface area contributed by atoms with Gasteiger partial charge >= 0.3 is 18.2 Å². The second-order valence-corrected chi connectivity index (χ2v) is 9.26. The van der Waals surface area contributed by atoms with E-state index in [1.54, 1.807) is 42.5 Å². The van der Waals surface area contributed by atoms with Crippen LogP contribution < -0.4 is 15.6 Å². The van der Waals surface area contributed by atoms with Crippen molar-refractivity contribution in [3.63, 3.8) is 0 Å². The molecule has 0 saturated heterocycles. The number of ether oxygens (including phenoxy) is 1. The number of carboxylic acids is 1. The van der Waals surface area contributed by atoms with E-state index < -0.39 is 30.1 Å². The Morgan fingerprint density at radius 1 is 1.13 bits per heavy atom. The molecule has 1 aliphatic carbocycles. The first-order valence-corrected chi connectivity index (χ1v) is 12.2. The number of methoxy groups -OCH3 is 1. The van der Waals surface area contributed by atoms with Gasteiger partial charge in [0.25, 0.3) is 0 Å². The first-order chi connectivity index (χ1) is 18.7. The molecule has 202 valence electrons. The van der Waals surface area contributed by atoms with Crippen molar-refractivity contribution in [2.45, 2.75) is 31.7 Å². The molecule has 1 aromatic heterocycles. The zero-order valence-electron chi connectivity index (χ0n) is 20.7. The monoisotopic (exact) mass is 540 g/mol. The summed E-state index contributed by atoms with van der Waals surface area (Å²) in [6, 6.07) is 11.4. The minimum absolute atomic E-state index is 0.161. The lowest BCUT2D eigenvalue weighted by atomic mass is 9.72. The van der Waals surface area contributed by atoms with E-state index in [0.29, 0.717) is 51.9 Å². The standard InChI is InChI=1S/C28H24F4N4O3/c1-39-27-33-14-20(25(34-27)28(30,31)32)24(16-3-2-4-16)23(17-8-5-15(6-9-17)7-12-22(37)38)18-10-11-21-19(13-18)26(29)36-35-21/h5-14,16,26,35-36H,2-4H2,1H3,(H,37,38)/b12-7+,24-23+. The number of carbonyl (C=O) groups is 1. The number of aliphatic carboxylic acids is 1. The number of hydrazine groups is 1. The second kappa shape index (κ2) is 10.5. The molecule has 1 fully saturated rings. The van der Waals surface area contributed by atoms with E-state index in [1.165, 1.54) is 13.2 Å². The van der Waals surface area contributed by atoms with Crippen LogP contribution in [0.3, 0.4) is 0 Å². The van der Waals surface area contributed by atoms with Gasteiger partial charge in [-0.2, -0.15) is 18.2 Å². The number of nitrogens with zero attached hydrogens (tertiary/aromatic N) is 2. The normalized spacial score (nSPS) is 17.8. The van der Waals surface area contributed by atoms with E-state index in [1.807, 2.05) is 0 Å². The zero-order valence-corrected chi connectivity index (χ0v) is 20.7. The van der Waals surface area contributed by atoms with Crippen molar-refractivity contribution in [2.24, 2.45) is 5.92 Å². The van der Waals surface area contributed by atoms with Gasteiger partial charge in [0.15, 0.2) is 12.0 Å².